The molecule has 0 bridgehead atoms. The van der Waals surface area contributed by atoms with E-state index >= 15 is 0 Å². The van der Waals surface area contributed by atoms with E-state index in [1.807, 2.05) is 0 Å². The maximum atomic E-state index is 12.0. The van der Waals surface area contributed by atoms with Crippen molar-refractivity contribution in [3.8, 4) is 0 Å². The van der Waals surface area contributed by atoms with Gasteiger partial charge in [0.25, 0.3) is 5.91 Å². The molecular weight excluding hydrogens is 314 g/mol. The molecular formula is C20H34N3O2+. The first kappa shape index (κ1) is 21.2. The number of quaternary nitrogens is 1. The Balaban J connectivity index is 2.56. The van der Waals surface area contributed by atoms with E-state index in [2.05, 4.69) is 55.7 Å². The van der Waals surface area contributed by atoms with Crippen LogP contribution in [0.15, 0.2) is 24.3 Å². The van der Waals surface area contributed by atoms with Crippen LogP contribution in [0.1, 0.15) is 50.8 Å². The van der Waals surface area contributed by atoms with E-state index in [-0.39, 0.29) is 24.4 Å². The molecule has 5 nitrogen and oxygen atoms in total. The van der Waals surface area contributed by atoms with E-state index in [0.29, 0.717) is 12.5 Å². The largest absolute Gasteiger partial charge is 0.347 e. The first-order valence-corrected chi connectivity index (χ1v) is 9.24. The molecule has 0 aromatic heterocycles. The summed E-state index contributed by atoms with van der Waals surface area (Å²) in [5.74, 6) is 0.203. The molecule has 0 aliphatic carbocycles. The number of hydrogen-bond acceptors (Lipinski definition) is 2. The van der Waals surface area contributed by atoms with Crippen molar-refractivity contribution in [3.05, 3.63) is 35.4 Å². The van der Waals surface area contributed by atoms with Gasteiger partial charge in [0.15, 0.2) is 6.54 Å². The molecule has 2 amide bonds. The summed E-state index contributed by atoms with van der Waals surface area (Å²) in [7, 11) is 3.36. The number of nitrogens with one attached hydrogen (secondary N) is 1. The number of amides is 2. The predicted octanol–water partition coefficient (Wildman–Crippen LogP) is 1.49. The van der Waals surface area contributed by atoms with Gasteiger partial charge in [-0.25, -0.2) is 0 Å². The fraction of sp³-hybridized carbons (Fsp3) is 0.600. The van der Waals surface area contributed by atoms with Crippen LogP contribution in [0.5, 0.6) is 0 Å². The van der Waals surface area contributed by atoms with Gasteiger partial charge in [-0.05, 0) is 18.4 Å². The number of likely N-dealkylation sites (N-methyl/N-ethyl adjacent to an activating group) is 1. The number of hydrogen-bond donors (Lipinski definition) is 2. The van der Waals surface area contributed by atoms with Crippen LogP contribution in [-0.2, 0) is 16.0 Å². The normalized spacial score (nSPS) is 12.1. The van der Waals surface area contributed by atoms with Gasteiger partial charge in [0.05, 0.1) is 6.54 Å². The molecule has 1 atom stereocenters. The molecule has 0 unspecified atom stereocenters. The second-order valence-corrected chi connectivity index (χ2v) is 7.12. The van der Waals surface area contributed by atoms with Gasteiger partial charge in [-0.1, -0.05) is 51.5 Å². The Morgan fingerprint density at radius 3 is 2.32 bits per heavy atom. The Kier molecular flexibility index (Phi) is 9.21. The summed E-state index contributed by atoms with van der Waals surface area (Å²) in [4.78, 5) is 25.0. The van der Waals surface area contributed by atoms with E-state index in [9.17, 15) is 9.59 Å². The summed E-state index contributed by atoms with van der Waals surface area (Å²) in [5, 5.41) is 4.74. The number of rotatable bonds is 10. The Bertz CT molecular complexity index is 538. The SMILES string of the molecule is CCCCc1ccc([C@@H]([NH2+]CC(=O)NCC(=O)N(C)C)C(C)C)cc1. The number of benzene rings is 1. The Hall–Kier alpha value is -1.88. The quantitative estimate of drug-likeness (QED) is 0.673. The standard InChI is InChI=1S/C20H33N3O2/c1-6-7-8-16-9-11-17(12-10-16)20(15(2)3)22-13-18(24)21-14-19(25)23(4)5/h9-12,15,20,22H,6-8,13-14H2,1-5H3,(H,21,24)/p+1/t20-/m0/s1. The van der Waals surface area contributed by atoms with Crippen molar-refractivity contribution >= 4 is 11.8 Å². The van der Waals surface area contributed by atoms with Crippen LogP contribution in [0, 0.1) is 5.92 Å². The molecule has 0 fully saturated rings. The lowest BCUT2D eigenvalue weighted by molar-refractivity contribution is -0.692. The zero-order valence-corrected chi connectivity index (χ0v) is 16.3. The van der Waals surface area contributed by atoms with Crippen molar-refractivity contribution in [2.24, 2.45) is 5.92 Å². The second-order valence-electron chi connectivity index (χ2n) is 7.12. The van der Waals surface area contributed by atoms with Gasteiger partial charge in [-0.3, -0.25) is 9.59 Å². The second kappa shape index (κ2) is 10.9. The average Bonchev–Trinajstić information content (AvgIpc) is 2.58. The van der Waals surface area contributed by atoms with Crippen molar-refractivity contribution < 1.29 is 14.9 Å². The van der Waals surface area contributed by atoms with Crippen LogP contribution in [0.3, 0.4) is 0 Å². The summed E-state index contributed by atoms with van der Waals surface area (Å²) >= 11 is 0. The smallest absolute Gasteiger partial charge is 0.275 e. The monoisotopic (exact) mass is 348 g/mol. The van der Waals surface area contributed by atoms with E-state index in [1.54, 1.807) is 14.1 Å². The van der Waals surface area contributed by atoms with Crippen molar-refractivity contribution in [1.29, 1.82) is 0 Å². The van der Waals surface area contributed by atoms with Gasteiger partial charge in [-0.15, -0.1) is 0 Å². The van der Waals surface area contributed by atoms with Gasteiger partial charge in [0.2, 0.25) is 5.91 Å². The average molecular weight is 349 g/mol. The molecule has 3 N–H and O–H groups in total. The van der Waals surface area contributed by atoms with E-state index in [1.165, 1.54) is 28.9 Å². The molecule has 140 valence electrons. The minimum Gasteiger partial charge on any atom is -0.347 e. The summed E-state index contributed by atoms with van der Waals surface area (Å²) in [5.41, 5.74) is 2.61. The first-order valence-electron chi connectivity index (χ1n) is 9.24. The topological polar surface area (TPSA) is 66.0 Å². The number of nitrogens with zero attached hydrogens (tertiary/aromatic N) is 1. The first-order chi connectivity index (χ1) is 11.8. The van der Waals surface area contributed by atoms with E-state index in [0.717, 1.165) is 6.42 Å². The Morgan fingerprint density at radius 1 is 1.16 bits per heavy atom. The molecule has 0 spiro atoms. The zero-order chi connectivity index (χ0) is 18.8. The molecule has 0 saturated heterocycles. The molecule has 1 aromatic rings. The Morgan fingerprint density at radius 2 is 1.80 bits per heavy atom. The van der Waals surface area contributed by atoms with Crippen LogP contribution < -0.4 is 10.6 Å². The van der Waals surface area contributed by atoms with Crippen molar-refractivity contribution in [3.63, 3.8) is 0 Å². The fourth-order valence-electron chi connectivity index (χ4n) is 2.72. The summed E-state index contributed by atoms with van der Waals surface area (Å²) < 4.78 is 0. The van der Waals surface area contributed by atoms with Gasteiger partial charge < -0.3 is 15.5 Å². The third-order valence-electron chi connectivity index (χ3n) is 4.39. The van der Waals surface area contributed by atoms with Crippen LogP contribution in [0.25, 0.3) is 0 Å². The molecule has 0 radical (unpaired) electrons. The number of carbonyl (C=O) groups is 2. The third kappa shape index (κ3) is 7.69. The highest BCUT2D eigenvalue weighted by Crippen LogP contribution is 2.18. The molecule has 0 saturated carbocycles. The maximum absolute atomic E-state index is 12.0. The van der Waals surface area contributed by atoms with Crippen LogP contribution in [0.2, 0.25) is 0 Å². The highest BCUT2D eigenvalue weighted by atomic mass is 16.2. The van der Waals surface area contributed by atoms with Gasteiger partial charge in [0, 0.05) is 25.6 Å². The lowest BCUT2D eigenvalue weighted by Gasteiger charge is -2.20. The summed E-state index contributed by atoms with van der Waals surface area (Å²) in [6.45, 7) is 6.91. The van der Waals surface area contributed by atoms with E-state index < -0.39 is 0 Å². The molecule has 0 aliphatic heterocycles. The van der Waals surface area contributed by atoms with Crippen molar-refractivity contribution in [2.75, 3.05) is 27.2 Å². The lowest BCUT2D eigenvalue weighted by Crippen LogP contribution is -2.88. The van der Waals surface area contributed by atoms with Gasteiger partial charge in [-0.2, -0.15) is 0 Å². The highest BCUT2D eigenvalue weighted by Gasteiger charge is 2.20. The number of aryl methyl sites for hydroxylation is 1. The Labute approximate surface area is 152 Å². The van der Waals surface area contributed by atoms with E-state index in [4.69, 9.17) is 0 Å². The van der Waals surface area contributed by atoms with Crippen LogP contribution in [0.4, 0.5) is 0 Å². The molecule has 0 aliphatic rings. The van der Waals surface area contributed by atoms with Gasteiger partial charge >= 0.3 is 0 Å². The number of carbonyl (C=O) groups excluding carboxylic acids is 2. The van der Waals surface area contributed by atoms with Crippen LogP contribution in [-0.4, -0.2) is 43.9 Å². The number of nitrogens with two attached hydrogens (primary N) is 1. The van der Waals surface area contributed by atoms with Crippen LogP contribution >= 0.6 is 0 Å². The fourth-order valence-corrected chi connectivity index (χ4v) is 2.72. The third-order valence-corrected chi connectivity index (χ3v) is 4.39. The van der Waals surface area contributed by atoms with Crippen molar-refractivity contribution in [1.82, 2.24) is 10.2 Å². The minimum absolute atomic E-state index is 0.0537. The molecule has 5 heteroatoms. The summed E-state index contributed by atoms with van der Waals surface area (Å²) in [6, 6.07) is 8.99. The molecule has 1 aromatic carbocycles. The number of unbranched alkanes of at least 4 members (excludes halogenated alkanes) is 1. The molecule has 25 heavy (non-hydrogen) atoms. The zero-order valence-electron chi connectivity index (χ0n) is 16.3. The minimum atomic E-state index is -0.111. The van der Waals surface area contributed by atoms with Crippen molar-refractivity contribution in [2.45, 2.75) is 46.1 Å². The predicted molar refractivity (Wildman–Crippen MR) is 101 cm³/mol. The lowest BCUT2D eigenvalue weighted by atomic mass is 9.94. The summed E-state index contributed by atoms with van der Waals surface area (Å²) in [6.07, 6.45) is 3.54. The maximum Gasteiger partial charge on any atom is 0.275 e. The molecule has 0 heterocycles. The van der Waals surface area contributed by atoms with Gasteiger partial charge in [0.1, 0.15) is 6.04 Å². The highest BCUT2D eigenvalue weighted by molar-refractivity contribution is 5.84. The molecule has 1 rings (SSSR count).